The predicted octanol–water partition coefficient (Wildman–Crippen LogP) is 7.42. The van der Waals surface area contributed by atoms with E-state index < -0.39 is 23.8 Å². The van der Waals surface area contributed by atoms with E-state index in [1.54, 1.807) is 57.0 Å². The molecule has 0 aliphatic rings. The first-order valence-electron chi connectivity index (χ1n) is 15.2. The molecule has 0 heterocycles. The number of ether oxygens (including phenoxy) is 2. The third-order valence-electron chi connectivity index (χ3n) is 7.21. The number of rotatable bonds is 15. The summed E-state index contributed by atoms with van der Waals surface area (Å²) in [7, 11) is 1.59. The van der Waals surface area contributed by atoms with E-state index in [4.69, 9.17) is 9.47 Å². The van der Waals surface area contributed by atoms with Gasteiger partial charge in [-0.05, 0) is 69.9 Å². The zero-order valence-electron chi connectivity index (χ0n) is 26.8. The first-order valence-corrected chi connectivity index (χ1v) is 15.2. The molecule has 0 aliphatic heterocycles. The van der Waals surface area contributed by atoms with E-state index in [9.17, 15) is 14.4 Å². The van der Waals surface area contributed by atoms with Crippen molar-refractivity contribution in [1.29, 1.82) is 0 Å². The number of hydrogen-bond acceptors (Lipinski definition) is 5. The molecule has 2 rings (SSSR count). The molecule has 3 unspecified atom stereocenters. The molecule has 8 heteroatoms. The van der Waals surface area contributed by atoms with Crippen molar-refractivity contribution in [3.8, 4) is 5.75 Å². The van der Waals surface area contributed by atoms with Gasteiger partial charge in [0.25, 0.3) is 5.91 Å². The number of hydrogen-bond donors (Lipinski definition) is 2. The third-order valence-corrected chi connectivity index (χ3v) is 7.21. The Balaban J connectivity index is 2.53. The van der Waals surface area contributed by atoms with Gasteiger partial charge >= 0.3 is 6.09 Å². The third kappa shape index (κ3) is 11.0. The lowest BCUT2D eigenvalue weighted by molar-refractivity contribution is -0.142. The smallest absolute Gasteiger partial charge is 0.408 e. The van der Waals surface area contributed by atoms with E-state index in [2.05, 4.69) is 17.6 Å². The molecule has 3 amide bonds. The van der Waals surface area contributed by atoms with Crippen molar-refractivity contribution >= 4 is 23.6 Å². The summed E-state index contributed by atoms with van der Waals surface area (Å²) in [6, 6.07) is 13.0. The number of carbonyl (C=O) groups excluding carboxylic acids is 3. The highest BCUT2D eigenvalue weighted by Gasteiger charge is 2.38. The zero-order valence-corrected chi connectivity index (χ0v) is 26.8. The van der Waals surface area contributed by atoms with Crippen molar-refractivity contribution in [2.45, 2.75) is 105 Å². The maximum absolute atomic E-state index is 14.5. The van der Waals surface area contributed by atoms with Crippen molar-refractivity contribution in [2.24, 2.45) is 5.92 Å². The summed E-state index contributed by atoms with van der Waals surface area (Å²) in [5.41, 5.74) is 1.58. The van der Waals surface area contributed by atoms with Crippen LogP contribution in [-0.2, 0) is 14.3 Å². The van der Waals surface area contributed by atoms with Crippen LogP contribution in [0.2, 0.25) is 0 Å². The largest absolute Gasteiger partial charge is 0.497 e. The van der Waals surface area contributed by atoms with Gasteiger partial charge in [0.2, 0.25) is 5.91 Å². The molecule has 0 saturated carbocycles. The summed E-state index contributed by atoms with van der Waals surface area (Å²) in [5.74, 6) is -0.137. The summed E-state index contributed by atoms with van der Waals surface area (Å²) in [4.78, 5) is 43.1. The predicted molar refractivity (Wildman–Crippen MR) is 169 cm³/mol. The van der Waals surface area contributed by atoms with E-state index in [0.717, 1.165) is 37.7 Å². The number of amides is 3. The van der Waals surface area contributed by atoms with Crippen molar-refractivity contribution in [2.75, 3.05) is 19.0 Å². The molecule has 2 aromatic carbocycles. The van der Waals surface area contributed by atoms with Crippen molar-refractivity contribution in [1.82, 2.24) is 10.2 Å². The molecule has 3 atom stereocenters. The summed E-state index contributed by atoms with van der Waals surface area (Å²) in [6.07, 6.45) is 4.95. The van der Waals surface area contributed by atoms with Gasteiger partial charge in [0.05, 0.1) is 7.11 Å². The molecule has 0 radical (unpaired) electrons. The van der Waals surface area contributed by atoms with Crippen LogP contribution in [0.1, 0.15) is 97.2 Å². The Kier molecular flexibility index (Phi) is 13.8. The minimum Gasteiger partial charge on any atom is -0.497 e. The number of methoxy groups -OCH3 is 1. The van der Waals surface area contributed by atoms with Crippen LogP contribution in [0.15, 0.2) is 48.5 Å². The van der Waals surface area contributed by atoms with E-state index >= 15 is 0 Å². The molecular formula is C34H51N3O5. The number of benzene rings is 2. The monoisotopic (exact) mass is 581 g/mol. The summed E-state index contributed by atoms with van der Waals surface area (Å²) >= 11 is 0. The van der Waals surface area contributed by atoms with Crippen LogP contribution in [0, 0.1) is 12.8 Å². The quantitative estimate of drug-likeness (QED) is 0.213. The van der Waals surface area contributed by atoms with Crippen LogP contribution in [0.5, 0.6) is 5.75 Å². The van der Waals surface area contributed by atoms with Gasteiger partial charge in [0.1, 0.15) is 23.4 Å². The van der Waals surface area contributed by atoms with Crippen LogP contribution >= 0.6 is 0 Å². The van der Waals surface area contributed by atoms with Crippen LogP contribution in [0.4, 0.5) is 10.5 Å². The van der Waals surface area contributed by atoms with Crippen LogP contribution < -0.4 is 15.4 Å². The standard InChI is InChI=1S/C34H51N3O5/c1-9-11-12-13-14-22-37(32(39)29(25(4)10-2)36-33(40)42-34(5,6)7)30(26-17-15-16-24(3)23-26)31(38)35-27-18-20-28(41-8)21-19-27/h15-21,23,25,29-30H,9-14,22H2,1-8H3,(H,35,38)(H,36,40). The zero-order chi connectivity index (χ0) is 31.3. The molecule has 0 bridgehead atoms. The fraction of sp³-hybridized carbons (Fsp3) is 0.559. The lowest BCUT2D eigenvalue weighted by Gasteiger charge is -2.36. The molecule has 0 spiro atoms. The number of nitrogens with one attached hydrogen (secondary N) is 2. The van der Waals surface area contributed by atoms with E-state index in [1.807, 2.05) is 45.0 Å². The number of carbonyl (C=O) groups is 3. The highest BCUT2D eigenvalue weighted by Crippen LogP contribution is 2.28. The Morgan fingerprint density at radius 3 is 2.19 bits per heavy atom. The molecule has 8 nitrogen and oxygen atoms in total. The normalized spacial score (nSPS) is 13.4. The van der Waals surface area contributed by atoms with Gasteiger partial charge in [-0.3, -0.25) is 9.59 Å². The Hall–Kier alpha value is -3.55. The van der Waals surface area contributed by atoms with Gasteiger partial charge in [0, 0.05) is 12.2 Å². The molecule has 232 valence electrons. The lowest BCUT2D eigenvalue weighted by atomic mass is 9.95. The van der Waals surface area contributed by atoms with Crippen molar-refractivity contribution in [3.05, 3.63) is 59.7 Å². The maximum Gasteiger partial charge on any atom is 0.408 e. The topological polar surface area (TPSA) is 97.0 Å². The Bertz CT molecular complexity index is 1140. The van der Waals surface area contributed by atoms with Gasteiger partial charge in [-0.25, -0.2) is 4.79 Å². The molecule has 2 aromatic rings. The second-order valence-corrected chi connectivity index (χ2v) is 12.0. The molecule has 0 aromatic heterocycles. The lowest BCUT2D eigenvalue weighted by Crippen LogP contribution is -2.55. The molecule has 0 fully saturated rings. The second kappa shape index (κ2) is 16.8. The van der Waals surface area contributed by atoms with Gasteiger partial charge in [-0.15, -0.1) is 0 Å². The highest BCUT2D eigenvalue weighted by molar-refractivity contribution is 5.99. The second-order valence-electron chi connectivity index (χ2n) is 12.0. The van der Waals surface area contributed by atoms with Gasteiger partial charge < -0.3 is 25.0 Å². The van der Waals surface area contributed by atoms with Crippen LogP contribution in [0.25, 0.3) is 0 Å². The summed E-state index contributed by atoms with van der Waals surface area (Å²) < 4.78 is 10.8. The Labute approximate surface area is 252 Å². The van der Waals surface area contributed by atoms with Gasteiger partial charge in [0.15, 0.2) is 0 Å². The first-order chi connectivity index (χ1) is 19.9. The molecule has 0 aliphatic carbocycles. The number of unbranched alkanes of at least 4 members (excludes halogenated alkanes) is 4. The van der Waals surface area contributed by atoms with Crippen LogP contribution in [-0.4, -0.2) is 48.1 Å². The molecule has 0 saturated heterocycles. The SMILES string of the molecule is CCCCCCCN(C(=O)C(NC(=O)OC(C)(C)C)C(C)CC)C(C(=O)Nc1ccc(OC)cc1)c1cccc(C)c1. The molecule has 2 N–H and O–H groups in total. The summed E-state index contributed by atoms with van der Waals surface area (Å²) in [6.45, 7) is 13.8. The van der Waals surface area contributed by atoms with E-state index in [1.165, 1.54) is 0 Å². The Morgan fingerprint density at radius 2 is 1.62 bits per heavy atom. The average molecular weight is 582 g/mol. The number of nitrogens with zero attached hydrogens (tertiary/aromatic N) is 1. The number of alkyl carbamates (subject to hydrolysis) is 1. The van der Waals surface area contributed by atoms with Crippen molar-refractivity contribution < 1.29 is 23.9 Å². The minimum absolute atomic E-state index is 0.185. The maximum atomic E-state index is 14.5. The molecular weight excluding hydrogens is 530 g/mol. The fourth-order valence-electron chi connectivity index (χ4n) is 4.75. The number of anilines is 1. The van der Waals surface area contributed by atoms with Gasteiger partial charge in [-0.1, -0.05) is 82.7 Å². The number of aryl methyl sites for hydroxylation is 1. The average Bonchev–Trinajstić information content (AvgIpc) is 2.93. The van der Waals surface area contributed by atoms with Crippen LogP contribution in [0.3, 0.4) is 0 Å². The summed E-state index contributed by atoms with van der Waals surface area (Å²) in [5, 5.41) is 5.85. The minimum atomic E-state index is -0.905. The van der Waals surface area contributed by atoms with Crippen molar-refractivity contribution in [3.63, 3.8) is 0 Å². The van der Waals surface area contributed by atoms with E-state index in [0.29, 0.717) is 30.0 Å². The van der Waals surface area contributed by atoms with Gasteiger partial charge in [-0.2, -0.15) is 0 Å². The molecule has 42 heavy (non-hydrogen) atoms. The fourth-order valence-corrected chi connectivity index (χ4v) is 4.75. The highest BCUT2D eigenvalue weighted by atomic mass is 16.6. The Morgan fingerprint density at radius 1 is 0.952 bits per heavy atom. The van der Waals surface area contributed by atoms with E-state index in [-0.39, 0.29) is 17.7 Å². The first kappa shape index (κ1) is 34.7.